The minimum atomic E-state index is -3.09. The third kappa shape index (κ3) is 2.93. The zero-order chi connectivity index (χ0) is 14.2. The molecule has 0 N–H and O–H groups in total. The summed E-state index contributed by atoms with van der Waals surface area (Å²) in [6.07, 6.45) is -2.99. The molecule has 1 rings (SSSR count). The third-order valence-corrected chi connectivity index (χ3v) is 1.56. The first kappa shape index (κ1) is 3.09. The Balaban J connectivity index is 3.12. The Labute approximate surface area is 85.3 Å². The molecule has 11 heavy (non-hydrogen) atoms. The quantitative estimate of drug-likeness (QED) is 0.746. The van der Waals surface area contributed by atoms with E-state index in [2.05, 4.69) is 15.9 Å². The van der Waals surface area contributed by atoms with Gasteiger partial charge in [0.25, 0.3) is 0 Å². The lowest BCUT2D eigenvalue weighted by Crippen LogP contribution is -2.04. The fraction of sp³-hybridized carbons (Fsp3) is 0.333. The Morgan fingerprint density at radius 3 is 2.64 bits per heavy atom. The Kier molecular flexibility index (Phi) is 1.06. The molecule has 1 nitrogen and oxygen atoms in total. The smallest absolute Gasteiger partial charge is 0.119 e. The van der Waals surface area contributed by atoms with Gasteiger partial charge in [-0.3, -0.25) is 0 Å². The van der Waals surface area contributed by atoms with Crippen LogP contribution in [0.15, 0.2) is 28.7 Å². The normalized spacial score (nSPS) is 22.8. The van der Waals surface area contributed by atoms with Gasteiger partial charge in [-0.05, 0) is 38.0 Å². The van der Waals surface area contributed by atoms with E-state index in [4.69, 9.17) is 14.3 Å². The van der Waals surface area contributed by atoms with Crippen molar-refractivity contribution in [1.82, 2.24) is 0 Å². The predicted molar refractivity (Wildman–Crippen MR) is 49.9 cm³/mol. The average Bonchev–Trinajstić information content (AvgIpc) is 2.18. The summed E-state index contributed by atoms with van der Waals surface area (Å²) in [6.45, 7) is -6.18. The molecule has 0 bridgehead atoms. The Bertz CT molecular complexity index is 394. The van der Waals surface area contributed by atoms with Crippen molar-refractivity contribution in [2.45, 2.75) is 19.8 Å². The molecule has 0 aliphatic carbocycles. The molecule has 0 atom stereocenters. The third-order valence-electron chi connectivity index (χ3n) is 1.03. The first-order chi connectivity index (χ1) is 7.97. The molecule has 0 saturated carbocycles. The van der Waals surface area contributed by atoms with Crippen molar-refractivity contribution < 1.29 is 14.3 Å². The number of hydrogen-bond acceptors (Lipinski definition) is 1. The van der Waals surface area contributed by atoms with Crippen LogP contribution in [0, 0.1) is 0 Å². The van der Waals surface area contributed by atoms with Crippen LogP contribution in [-0.4, -0.2) is 6.08 Å². The molecule has 60 valence electrons. The maximum Gasteiger partial charge on any atom is 0.119 e. The number of halogens is 1. The number of ether oxygens (including phenoxy) is 1. The van der Waals surface area contributed by atoms with Gasteiger partial charge in [-0.25, -0.2) is 0 Å². The number of benzene rings is 1. The first-order valence-corrected chi connectivity index (χ1v) is 3.71. The van der Waals surface area contributed by atoms with Gasteiger partial charge in [0, 0.05) is 12.7 Å². The van der Waals surface area contributed by atoms with Crippen molar-refractivity contribution in [1.29, 1.82) is 0 Å². The van der Waals surface area contributed by atoms with E-state index in [1.165, 1.54) is 12.1 Å². The van der Waals surface area contributed by atoms with Gasteiger partial charge in [-0.1, -0.05) is 15.9 Å². The van der Waals surface area contributed by atoms with Crippen LogP contribution in [0.4, 0.5) is 0 Å². The lowest BCUT2D eigenvalue weighted by atomic mass is 10.3. The topological polar surface area (TPSA) is 9.23 Å². The van der Waals surface area contributed by atoms with E-state index in [-0.39, 0.29) is 5.75 Å². The largest absolute Gasteiger partial charge is 0.491 e. The van der Waals surface area contributed by atoms with Gasteiger partial charge >= 0.3 is 0 Å². The minimum Gasteiger partial charge on any atom is -0.491 e. The molecule has 0 spiro atoms. The SMILES string of the molecule is [2H]C([2H])([2H])C([2H])(Oc1ccc(Br)cc1)C([2H])([2H])[2H]. The molecule has 1 aromatic rings. The van der Waals surface area contributed by atoms with Crippen molar-refractivity contribution in [3.8, 4) is 5.75 Å². The van der Waals surface area contributed by atoms with Crippen LogP contribution in [0.3, 0.4) is 0 Å². The maximum absolute atomic E-state index is 7.66. The van der Waals surface area contributed by atoms with Crippen molar-refractivity contribution in [3.63, 3.8) is 0 Å². The Hall–Kier alpha value is -0.500. The Morgan fingerprint density at radius 1 is 1.45 bits per heavy atom. The van der Waals surface area contributed by atoms with E-state index < -0.39 is 19.8 Å². The summed E-state index contributed by atoms with van der Waals surface area (Å²) in [5, 5.41) is 0. The molecule has 0 saturated heterocycles. The van der Waals surface area contributed by atoms with E-state index in [0.717, 1.165) is 4.47 Å². The monoisotopic (exact) mass is 221 g/mol. The molecule has 2 heteroatoms. The van der Waals surface area contributed by atoms with Crippen LogP contribution in [0.2, 0.25) is 0 Å². The van der Waals surface area contributed by atoms with Gasteiger partial charge in [0.15, 0.2) is 0 Å². The van der Waals surface area contributed by atoms with Crippen LogP contribution in [0.5, 0.6) is 5.75 Å². The fourth-order valence-electron chi connectivity index (χ4n) is 0.620. The molecule has 0 unspecified atom stereocenters. The summed E-state index contributed by atoms with van der Waals surface area (Å²) in [5.41, 5.74) is 0. The van der Waals surface area contributed by atoms with Crippen LogP contribution in [0.1, 0.15) is 23.3 Å². The van der Waals surface area contributed by atoms with E-state index in [9.17, 15) is 0 Å². The summed E-state index contributed by atoms with van der Waals surface area (Å²) in [7, 11) is 0. The number of rotatable bonds is 2. The maximum atomic E-state index is 7.66. The first-order valence-electron chi connectivity index (χ1n) is 6.42. The minimum absolute atomic E-state index is 0.0143. The molecule has 1 aromatic carbocycles. The molecule has 0 aliphatic rings. The summed E-state index contributed by atoms with van der Waals surface area (Å²) < 4.78 is 56.4. The molecular formula is C9H11BrO. The van der Waals surface area contributed by atoms with E-state index in [1.54, 1.807) is 12.1 Å². The van der Waals surface area contributed by atoms with Crippen LogP contribution < -0.4 is 4.74 Å². The van der Waals surface area contributed by atoms with Crippen molar-refractivity contribution in [2.24, 2.45) is 0 Å². The van der Waals surface area contributed by atoms with Gasteiger partial charge < -0.3 is 4.74 Å². The van der Waals surface area contributed by atoms with E-state index in [0.29, 0.717) is 0 Å². The highest BCUT2D eigenvalue weighted by molar-refractivity contribution is 9.10. The highest BCUT2D eigenvalue weighted by atomic mass is 79.9. The van der Waals surface area contributed by atoms with Crippen LogP contribution in [0.25, 0.3) is 0 Å². The van der Waals surface area contributed by atoms with Crippen molar-refractivity contribution in [2.75, 3.05) is 0 Å². The summed E-state index contributed by atoms with van der Waals surface area (Å²) in [4.78, 5) is 0. The molecule has 0 fully saturated rings. The second kappa shape index (κ2) is 3.77. The van der Waals surface area contributed by atoms with E-state index >= 15 is 0 Å². The molecule has 0 radical (unpaired) electrons. The Morgan fingerprint density at radius 2 is 2.09 bits per heavy atom. The molecule has 0 aliphatic heterocycles. The standard InChI is InChI=1S/C9H11BrO/c1-7(2)11-9-5-3-8(10)4-6-9/h3-7H,1-2H3/i1D3,2D3,7D. The van der Waals surface area contributed by atoms with Gasteiger partial charge in [-0.15, -0.1) is 0 Å². The summed E-state index contributed by atoms with van der Waals surface area (Å²) in [5.74, 6) is 0.0143. The summed E-state index contributed by atoms with van der Waals surface area (Å²) >= 11 is 3.18. The van der Waals surface area contributed by atoms with Crippen LogP contribution >= 0.6 is 15.9 Å². The van der Waals surface area contributed by atoms with Gasteiger partial charge in [-0.2, -0.15) is 0 Å². The fourth-order valence-corrected chi connectivity index (χ4v) is 0.885. The highest BCUT2D eigenvalue weighted by Crippen LogP contribution is 2.16. The molecular weight excluding hydrogens is 204 g/mol. The van der Waals surface area contributed by atoms with E-state index in [1.807, 2.05) is 0 Å². The number of hydrogen-bond donors (Lipinski definition) is 0. The molecule has 0 amide bonds. The second-order valence-corrected chi connectivity index (χ2v) is 2.80. The molecule has 0 heterocycles. The van der Waals surface area contributed by atoms with Gasteiger partial charge in [0.05, 0.1) is 7.45 Å². The van der Waals surface area contributed by atoms with Gasteiger partial charge in [0.1, 0.15) is 5.75 Å². The van der Waals surface area contributed by atoms with Crippen molar-refractivity contribution in [3.05, 3.63) is 28.7 Å². The summed E-state index contributed by atoms with van der Waals surface area (Å²) in [6, 6.07) is 5.92. The van der Waals surface area contributed by atoms with Crippen molar-refractivity contribution >= 4 is 15.9 Å². The van der Waals surface area contributed by atoms with Crippen LogP contribution in [-0.2, 0) is 0 Å². The lowest BCUT2D eigenvalue weighted by molar-refractivity contribution is 0.242. The van der Waals surface area contributed by atoms with Gasteiger partial charge in [0.2, 0.25) is 0 Å². The zero-order valence-corrected chi connectivity index (χ0v) is 7.18. The predicted octanol–water partition coefficient (Wildman–Crippen LogP) is 3.24. The second-order valence-electron chi connectivity index (χ2n) is 1.89. The molecule has 0 aromatic heterocycles. The lowest BCUT2D eigenvalue weighted by Gasteiger charge is -2.08. The highest BCUT2D eigenvalue weighted by Gasteiger charge is 1.95. The average molecular weight is 222 g/mol. The zero-order valence-electron chi connectivity index (χ0n) is 12.6.